The van der Waals surface area contributed by atoms with Gasteiger partial charge in [-0.1, -0.05) is 33.1 Å². The number of hydrogen-bond acceptors (Lipinski definition) is 3. The third-order valence-corrected chi connectivity index (χ3v) is 3.29. The SMILES string of the molecule is CCCCC(CC)COc1cc([C@H](C)N)ccn1. The van der Waals surface area contributed by atoms with E-state index in [0.717, 1.165) is 18.6 Å². The second-order valence-electron chi connectivity index (χ2n) is 4.94. The molecule has 0 aliphatic carbocycles. The number of unbranched alkanes of at least 4 members (excludes halogenated alkanes) is 1. The van der Waals surface area contributed by atoms with Crippen LogP contribution in [0.15, 0.2) is 18.3 Å². The van der Waals surface area contributed by atoms with Gasteiger partial charge in [-0.2, -0.15) is 0 Å². The molecule has 0 spiro atoms. The van der Waals surface area contributed by atoms with Crippen LogP contribution in [0.2, 0.25) is 0 Å². The molecule has 1 unspecified atom stereocenters. The summed E-state index contributed by atoms with van der Waals surface area (Å²) in [4.78, 5) is 4.23. The lowest BCUT2D eigenvalue weighted by Gasteiger charge is -2.15. The fraction of sp³-hybridized carbons (Fsp3) is 0.667. The minimum Gasteiger partial charge on any atom is -0.477 e. The molecule has 0 bridgehead atoms. The first-order valence-electron chi connectivity index (χ1n) is 7.01. The molecule has 0 saturated carbocycles. The van der Waals surface area contributed by atoms with Crippen molar-refractivity contribution < 1.29 is 4.74 Å². The van der Waals surface area contributed by atoms with Crippen LogP contribution in [-0.4, -0.2) is 11.6 Å². The number of nitrogens with two attached hydrogens (primary N) is 1. The Hall–Kier alpha value is -1.09. The lowest BCUT2D eigenvalue weighted by Crippen LogP contribution is -2.12. The molecular formula is C15H26N2O. The van der Waals surface area contributed by atoms with Gasteiger partial charge in [-0.05, 0) is 30.9 Å². The summed E-state index contributed by atoms with van der Waals surface area (Å²) < 4.78 is 5.78. The molecule has 1 aromatic rings. The molecule has 1 heterocycles. The average Bonchev–Trinajstić information content (AvgIpc) is 2.39. The first kappa shape index (κ1) is 15.0. The molecule has 18 heavy (non-hydrogen) atoms. The topological polar surface area (TPSA) is 48.1 Å². The first-order valence-corrected chi connectivity index (χ1v) is 7.01. The number of aromatic nitrogens is 1. The van der Waals surface area contributed by atoms with Gasteiger partial charge in [-0.25, -0.2) is 4.98 Å². The molecule has 2 atom stereocenters. The summed E-state index contributed by atoms with van der Waals surface area (Å²) in [5, 5.41) is 0. The standard InChI is InChI=1S/C15H26N2O/c1-4-6-7-13(5-2)11-18-15-10-14(12(3)16)8-9-17-15/h8-10,12-13H,4-7,11,16H2,1-3H3/t12-,13?/m0/s1. The Morgan fingerprint density at radius 3 is 2.78 bits per heavy atom. The molecule has 1 aromatic heterocycles. The molecule has 0 amide bonds. The summed E-state index contributed by atoms with van der Waals surface area (Å²) in [5.41, 5.74) is 6.92. The largest absolute Gasteiger partial charge is 0.477 e. The van der Waals surface area contributed by atoms with Crippen LogP contribution in [0.1, 0.15) is 58.1 Å². The van der Waals surface area contributed by atoms with E-state index in [0.29, 0.717) is 11.8 Å². The minimum absolute atomic E-state index is 0.0254. The summed E-state index contributed by atoms with van der Waals surface area (Å²) >= 11 is 0. The van der Waals surface area contributed by atoms with Crippen LogP contribution in [-0.2, 0) is 0 Å². The van der Waals surface area contributed by atoms with E-state index in [1.54, 1.807) is 6.20 Å². The smallest absolute Gasteiger partial charge is 0.213 e. The highest BCUT2D eigenvalue weighted by Crippen LogP contribution is 2.17. The zero-order chi connectivity index (χ0) is 13.4. The molecule has 102 valence electrons. The van der Waals surface area contributed by atoms with Crippen LogP contribution in [0.5, 0.6) is 5.88 Å². The van der Waals surface area contributed by atoms with Crippen molar-refractivity contribution in [3.8, 4) is 5.88 Å². The molecule has 3 nitrogen and oxygen atoms in total. The van der Waals surface area contributed by atoms with Crippen LogP contribution in [0, 0.1) is 5.92 Å². The van der Waals surface area contributed by atoms with Crippen molar-refractivity contribution in [1.82, 2.24) is 4.98 Å². The van der Waals surface area contributed by atoms with Crippen molar-refractivity contribution in [3.05, 3.63) is 23.9 Å². The van der Waals surface area contributed by atoms with Crippen LogP contribution in [0.3, 0.4) is 0 Å². The van der Waals surface area contributed by atoms with Crippen molar-refractivity contribution in [2.24, 2.45) is 11.7 Å². The molecule has 0 aromatic carbocycles. The van der Waals surface area contributed by atoms with Crippen LogP contribution in [0.4, 0.5) is 0 Å². The summed E-state index contributed by atoms with van der Waals surface area (Å²) in [6.45, 7) is 7.16. The highest BCUT2D eigenvalue weighted by atomic mass is 16.5. The predicted octanol–water partition coefficient (Wildman–Crippen LogP) is 3.70. The fourth-order valence-corrected chi connectivity index (χ4v) is 1.89. The highest BCUT2D eigenvalue weighted by Gasteiger charge is 2.08. The van der Waals surface area contributed by atoms with Crippen molar-refractivity contribution in [1.29, 1.82) is 0 Å². The third kappa shape index (κ3) is 5.05. The van der Waals surface area contributed by atoms with Gasteiger partial charge in [0.1, 0.15) is 0 Å². The summed E-state index contributed by atoms with van der Waals surface area (Å²) in [6.07, 6.45) is 6.68. The number of pyridine rings is 1. The van der Waals surface area contributed by atoms with Crippen LogP contribution >= 0.6 is 0 Å². The van der Waals surface area contributed by atoms with Gasteiger partial charge in [-0.15, -0.1) is 0 Å². The quantitative estimate of drug-likeness (QED) is 0.765. The van der Waals surface area contributed by atoms with Gasteiger partial charge in [0.2, 0.25) is 5.88 Å². The molecule has 0 aliphatic heterocycles. The Kier molecular flexibility index (Phi) is 6.73. The van der Waals surface area contributed by atoms with Crippen LogP contribution in [0.25, 0.3) is 0 Å². The normalized spacial score (nSPS) is 14.2. The molecule has 0 saturated heterocycles. The molecule has 0 aliphatic rings. The Morgan fingerprint density at radius 1 is 1.39 bits per heavy atom. The van der Waals surface area contributed by atoms with Gasteiger partial charge in [-0.3, -0.25) is 0 Å². The van der Waals surface area contributed by atoms with Gasteiger partial charge < -0.3 is 10.5 Å². The van der Waals surface area contributed by atoms with E-state index in [-0.39, 0.29) is 6.04 Å². The maximum Gasteiger partial charge on any atom is 0.213 e. The molecule has 0 radical (unpaired) electrons. The summed E-state index contributed by atoms with van der Waals surface area (Å²) in [5.74, 6) is 1.32. The van der Waals surface area contributed by atoms with Crippen molar-refractivity contribution >= 4 is 0 Å². The molecule has 0 fully saturated rings. The zero-order valence-corrected chi connectivity index (χ0v) is 11.9. The molecule has 3 heteroatoms. The third-order valence-electron chi connectivity index (χ3n) is 3.29. The van der Waals surface area contributed by atoms with E-state index < -0.39 is 0 Å². The second kappa shape index (κ2) is 8.09. The molecule has 1 rings (SSSR count). The fourth-order valence-electron chi connectivity index (χ4n) is 1.89. The summed E-state index contributed by atoms with van der Waals surface area (Å²) in [7, 11) is 0. The lowest BCUT2D eigenvalue weighted by atomic mass is 10.0. The lowest BCUT2D eigenvalue weighted by molar-refractivity contribution is 0.225. The Morgan fingerprint density at radius 2 is 2.17 bits per heavy atom. The minimum atomic E-state index is 0.0254. The van der Waals surface area contributed by atoms with E-state index in [2.05, 4.69) is 18.8 Å². The maximum absolute atomic E-state index is 5.85. The van der Waals surface area contributed by atoms with Gasteiger partial charge >= 0.3 is 0 Å². The van der Waals surface area contributed by atoms with E-state index in [4.69, 9.17) is 10.5 Å². The number of hydrogen-bond donors (Lipinski definition) is 1. The van der Waals surface area contributed by atoms with Crippen LogP contribution < -0.4 is 10.5 Å². The zero-order valence-electron chi connectivity index (χ0n) is 11.9. The van der Waals surface area contributed by atoms with E-state index in [9.17, 15) is 0 Å². The van der Waals surface area contributed by atoms with Gasteiger partial charge in [0.05, 0.1) is 6.61 Å². The summed E-state index contributed by atoms with van der Waals surface area (Å²) in [6, 6.07) is 3.90. The second-order valence-corrected chi connectivity index (χ2v) is 4.94. The highest BCUT2D eigenvalue weighted by molar-refractivity contribution is 5.22. The maximum atomic E-state index is 5.85. The number of rotatable bonds is 8. The monoisotopic (exact) mass is 250 g/mol. The first-order chi connectivity index (χ1) is 8.67. The Labute approximate surface area is 111 Å². The Bertz CT molecular complexity index is 339. The van der Waals surface area contributed by atoms with E-state index in [1.807, 2.05) is 19.1 Å². The van der Waals surface area contributed by atoms with Crippen molar-refractivity contribution in [3.63, 3.8) is 0 Å². The number of nitrogens with zero attached hydrogens (tertiary/aromatic N) is 1. The van der Waals surface area contributed by atoms with Crippen molar-refractivity contribution in [2.75, 3.05) is 6.61 Å². The van der Waals surface area contributed by atoms with Crippen molar-refractivity contribution in [2.45, 2.75) is 52.5 Å². The van der Waals surface area contributed by atoms with Gasteiger partial charge in [0.25, 0.3) is 0 Å². The van der Waals surface area contributed by atoms with Gasteiger partial charge in [0.15, 0.2) is 0 Å². The Balaban J connectivity index is 2.48. The van der Waals surface area contributed by atoms with E-state index in [1.165, 1.54) is 19.3 Å². The average molecular weight is 250 g/mol. The van der Waals surface area contributed by atoms with Gasteiger partial charge in [0, 0.05) is 18.3 Å². The predicted molar refractivity (Wildman–Crippen MR) is 75.6 cm³/mol. The molecular weight excluding hydrogens is 224 g/mol. The van der Waals surface area contributed by atoms with E-state index >= 15 is 0 Å². The molecule has 2 N–H and O–H groups in total. The number of ether oxygens (including phenoxy) is 1.